The molecule has 3 rings (SSSR count). The summed E-state index contributed by atoms with van der Waals surface area (Å²) in [6.07, 6.45) is 4.10. The number of hydrogen-bond donors (Lipinski definition) is 1. The number of benzene rings is 1. The van der Waals surface area contributed by atoms with Crippen LogP contribution in [0.15, 0.2) is 41.6 Å². The van der Waals surface area contributed by atoms with Crippen molar-refractivity contribution in [3.05, 3.63) is 47.2 Å². The molecule has 2 aliphatic heterocycles. The summed E-state index contributed by atoms with van der Waals surface area (Å²) in [7, 11) is 0. The number of rotatable bonds is 3. The third kappa shape index (κ3) is 2.87. The van der Waals surface area contributed by atoms with E-state index in [9.17, 15) is 4.79 Å². The van der Waals surface area contributed by atoms with Gasteiger partial charge in [-0.25, -0.2) is 0 Å². The minimum absolute atomic E-state index is 0.0411. The van der Waals surface area contributed by atoms with Gasteiger partial charge in [0, 0.05) is 25.3 Å². The van der Waals surface area contributed by atoms with Crippen LogP contribution in [0.5, 0.6) is 0 Å². The predicted octanol–water partition coefficient (Wildman–Crippen LogP) is 2.10. The minimum Gasteiger partial charge on any atom is -0.379 e. The van der Waals surface area contributed by atoms with Crippen molar-refractivity contribution in [1.29, 1.82) is 0 Å². The van der Waals surface area contributed by atoms with Gasteiger partial charge in [0.2, 0.25) is 0 Å². The fourth-order valence-corrected chi connectivity index (χ4v) is 3.00. The van der Waals surface area contributed by atoms with E-state index in [4.69, 9.17) is 0 Å². The normalized spacial score (nSPS) is 23.7. The van der Waals surface area contributed by atoms with Crippen LogP contribution >= 0.6 is 0 Å². The Morgan fingerprint density at radius 2 is 2.11 bits per heavy atom. The van der Waals surface area contributed by atoms with E-state index in [1.807, 2.05) is 0 Å². The number of carbonyl (C=O) groups is 1. The molecule has 1 atom stereocenters. The first-order valence-electron chi connectivity index (χ1n) is 7.04. The molecule has 0 aromatic heterocycles. The van der Waals surface area contributed by atoms with Crippen LogP contribution in [0.25, 0.3) is 0 Å². The summed E-state index contributed by atoms with van der Waals surface area (Å²) < 4.78 is 0. The van der Waals surface area contributed by atoms with Gasteiger partial charge in [-0.05, 0) is 30.4 Å². The number of nitrogens with one attached hydrogen (secondary N) is 1. The molecule has 19 heavy (non-hydrogen) atoms. The van der Waals surface area contributed by atoms with E-state index in [0.29, 0.717) is 0 Å². The van der Waals surface area contributed by atoms with Gasteiger partial charge in [0.25, 0.3) is 0 Å². The summed E-state index contributed by atoms with van der Waals surface area (Å²) in [5.74, 6) is 0. The molecule has 1 unspecified atom stereocenters. The van der Waals surface area contributed by atoms with E-state index in [1.165, 1.54) is 16.8 Å². The summed E-state index contributed by atoms with van der Waals surface area (Å²) >= 11 is 0. The van der Waals surface area contributed by atoms with Crippen molar-refractivity contribution in [2.24, 2.45) is 0 Å². The van der Waals surface area contributed by atoms with Crippen molar-refractivity contribution >= 4 is 6.29 Å². The van der Waals surface area contributed by atoms with E-state index in [2.05, 4.69) is 40.5 Å². The standard InChI is InChI=1S/C16H20N2O/c19-12-15-7-6-14-11-18(9-8-16(14)17-15)10-13-4-2-1-3-5-13/h1-5,12,15,17H,6-11H2. The lowest BCUT2D eigenvalue weighted by Gasteiger charge is -2.35. The Kier molecular flexibility index (Phi) is 3.65. The van der Waals surface area contributed by atoms with Crippen molar-refractivity contribution in [2.45, 2.75) is 31.8 Å². The summed E-state index contributed by atoms with van der Waals surface area (Å²) in [6, 6.07) is 10.7. The molecule has 2 aliphatic rings. The van der Waals surface area contributed by atoms with Crippen LogP contribution in [-0.4, -0.2) is 30.3 Å². The molecule has 2 heterocycles. The molecule has 0 saturated carbocycles. The lowest BCUT2D eigenvalue weighted by Crippen LogP contribution is -2.41. The summed E-state index contributed by atoms with van der Waals surface area (Å²) in [6.45, 7) is 3.14. The molecule has 0 amide bonds. The fraction of sp³-hybridized carbons (Fsp3) is 0.438. The molecule has 0 aliphatic carbocycles. The maximum atomic E-state index is 10.8. The lowest BCUT2D eigenvalue weighted by molar-refractivity contribution is -0.109. The van der Waals surface area contributed by atoms with Crippen molar-refractivity contribution in [3.8, 4) is 0 Å². The van der Waals surface area contributed by atoms with Gasteiger partial charge in [-0.3, -0.25) is 4.90 Å². The van der Waals surface area contributed by atoms with Crippen LogP contribution in [0.4, 0.5) is 0 Å². The van der Waals surface area contributed by atoms with Crippen LogP contribution < -0.4 is 5.32 Å². The second-order valence-electron chi connectivity index (χ2n) is 5.45. The highest BCUT2D eigenvalue weighted by Gasteiger charge is 2.24. The maximum absolute atomic E-state index is 10.8. The molecule has 3 nitrogen and oxygen atoms in total. The Bertz CT molecular complexity index is 481. The van der Waals surface area contributed by atoms with Gasteiger partial charge in [-0.2, -0.15) is 0 Å². The second-order valence-corrected chi connectivity index (χ2v) is 5.45. The van der Waals surface area contributed by atoms with Crippen LogP contribution in [0, 0.1) is 0 Å². The predicted molar refractivity (Wildman–Crippen MR) is 75.6 cm³/mol. The lowest BCUT2D eigenvalue weighted by atomic mass is 9.94. The number of aldehydes is 1. The fourth-order valence-electron chi connectivity index (χ4n) is 3.00. The van der Waals surface area contributed by atoms with E-state index in [0.717, 1.165) is 45.2 Å². The topological polar surface area (TPSA) is 32.3 Å². The Balaban J connectivity index is 1.64. The van der Waals surface area contributed by atoms with Gasteiger partial charge in [-0.15, -0.1) is 0 Å². The molecule has 0 spiro atoms. The van der Waals surface area contributed by atoms with E-state index < -0.39 is 0 Å². The number of hydrogen-bond acceptors (Lipinski definition) is 3. The molecule has 0 radical (unpaired) electrons. The summed E-state index contributed by atoms with van der Waals surface area (Å²) in [5.41, 5.74) is 4.20. The first kappa shape index (κ1) is 12.4. The highest BCUT2D eigenvalue weighted by Crippen LogP contribution is 2.25. The minimum atomic E-state index is 0.0411. The van der Waals surface area contributed by atoms with Gasteiger partial charge in [0.15, 0.2) is 0 Å². The van der Waals surface area contributed by atoms with Crippen molar-refractivity contribution in [1.82, 2.24) is 10.2 Å². The molecule has 0 fully saturated rings. The van der Waals surface area contributed by atoms with E-state index >= 15 is 0 Å². The van der Waals surface area contributed by atoms with Crippen molar-refractivity contribution in [2.75, 3.05) is 13.1 Å². The molecular weight excluding hydrogens is 236 g/mol. The smallest absolute Gasteiger partial charge is 0.142 e. The van der Waals surface area contributed by atoms with Crippen molar-refractivity contribution in [3.63, 3.8) is 0 Å². The van der Waals surface area contributed by atoms with Crippen LogP contribution in [0.2, 0.25) is 0 Å². The third-order valence-electron chi connectivity index (χ3n) is 4.05. The third-order valence-corrected chi connectivity index (χ3v) is 4.05. The average Bonchev–Trinajstić information content (AvgIpc) is 2.48. The summed E-state index contributed by atoms with van der Waals surface area (Å²) in [4.78, 5) is 13.3. The largest absolute Gasteiger partial charge is 0.379 e. The molecule has 1 N–H and O–H groups in total. The number of carbonyl (C=O) groups excluding carboxylic acids is 1. The van der Waals surface area contributed by atoms with Crippen LogP contribution in [0.3, 0.4) is 0 Å². The zero-order chi connectivity index (χ0) is 13.1. The Hall–Kier alpha value is -1.61. The molecule has 0 bridgehead atoms. The summed E-state index contributed by atoms with van der Waals surface area (Å²) in [5, 5.41) is 3.37. The highest BCUT2D eigenvalue weighted by atomic mass is 16.1. The molecule has 100 valence electrons. The first-order valence-corrected chi connectivity index (χ1v) is 7.04. The van der Waals surface area contributed by atoms with Crippen molar-refractivity contribution < 1.29 is 4.79 Å². The van der Waals surface area contributed by atoms with E-state index in [-0.39, 0.29) is 6.04 Å². The molecule has 1 aromatic rings. The molecule has 3 heteroatoms. The average molecular weight is 256 g/mol. The Morgan fingerprint density at radius 1 is 1.26 bits per heavy atom. The van der Waals surface area contributed by atoms with Gasteiger partial charge in [-0.1, -0.05) is 30.3 Å². The van der Waals surface area contributed by atoms with Crippen LogP contribution in [0.1, 0.15) is 24.8 Å². The zero-order valence-electron chi connectivity index (χ0n) is 11.1. The van der Waals surface area contributed by atoms with Crippen LogP contribution in [-0.2, 0) is 11.3 Å². The monoisotopic (exact) mass is 256 g/mol. The maximum Gasteiger partial charge on any atom is 0.142 e. The molecule has 1 aromatic carbocycles. The number of nitrogens with zero attached hydrogens (tertiary/aromatic N) is 1. The zero-order valence-corrected chi connectivity index (χ0v) is 11.1. The quantitative estimate of drug-likeness (QED) is 0.841. The molecular formula is C16H20N2O. The Morgan fingerprint density at radius 3 is 2.89 bits per heavy atom. The SMILES string of the molecule is O=CC1CCC2=C(CCN(Cc3ccccc3)C2)N1. The Labute approximate surface area is 114 Å². The van der Waals surface area contributed by atoms with Gasteiger partial charge < -0.3 is 10.1 Å². The highest BCUT2D eigenvalue weighted by molar-refractivity contribution is 5.59. The molecule has 0 saturated heterocycles. The van der Waals surface area contributed by atoms with Gasteiger partial charge in [0.05, 0.1) is 6.04 Å². The van der Waals surface area contributed by atoms with E-state index in [1.54, 1.807) is 0 Å². The van der Waals surface area contributed by atoms with Gasteiger partial charge in [0.1, 0.15) is 6.29 Å². The second kappa shape index (κ2) is 5.57. The van der Waals surface area contributed by atoms with Gasteiger partial charge >= 0.3 is 0 Å². The first-order chi connectivity index (χ1) is 9.35.